The number of nitrogens with zero attached hydrogens (tertiary/aromatic N) is 1. The highest BCUT2D eigenvalue weighted by Crippen LogP contribution is 2.40. The number of fused-ring (bicyclic) bond motifs is 1. The van der Waals surface area contributed by atoms with E-state index in [-0.39, 0.29) is 5.91 Å². The fourth-order valence-electron chi connectivity index (χ4n) is 2.54. The predicted octanol–water partition coefficient (Wildman–Crippen LogP) is 3.22. The molecule has 1 aliphatic heterocycles. The van der Waals surface area contributed by atoms with Crippen LogP contribution in [-0.2, 0) is 16.0 Å². The topological polar surface area (TPSA) is 38.8 Å². The molecule has 4 nitrogen and oxygen atoms in total. The molecule has 1 unspecified atom stereocenters. The van der Waals surface area contributed by atoms with E-state index >= 15 is 0 Å². The second-order valence-electron chi connectivity index (χ2n) is 4.93. The van der Waals surface area contributed by atoms with Crippen LogP contribution in [0.15, 0.2) is 24.8 Å². The number of hydrogen-bond donors (Lipinski definition) is 0. The van der Waals surface area contributed by atoms with Gasteiger partial charge in [0.05, 0.1) is 19.4 Å². The molecule has 5 heteroatoms. The van der Waals surface area contributed by atoms with Gasteiger partial charge in [0.25, 0.3) is 5.91 Å². The summed E-state index contributed by atoms with van der Waals surface area (Å²) in [5.74, 6) is 0.580. The van der Waals surface area contributed by atoms with Crippen molar-refractivity contribution in [1.82, 2.24) is 0 Å². The summed E-state index contributed by atoms with van der Waals surface area (Å²) in [6.07, 6.45) is 2.82. The minimum absolute atomic E-state index is 0.0848. The van der Waals surface area contributed by atoms with Crippen LogP contribution >= 0.6 is 11.6 Å². The van der Waals surface area contributed by atoms with Crippen molar-refractivity contribution in [2.75, 3.05) is 25.2 Å². The summed E-state index contributed by atoms with van der Waals surface area (Å²) in [4.78, 5) is 14.3. The van der Waals surface area contributed by atoms with E-state index in [2.05, 4.69) is 6.58 Å². The first-order valence-corrected chi connectivity index (χ1v) is 7.37. The first-order chi connectivity index (χ1) is 10.1. The van der Waals surface area contributed by atoms with Gasteiger partial charge in [0.15, 0.2) is 0 Å². The van der Waals surface area contributed by atoms with E-state index in [1.54, 1.807) is 31.1 Å². The Balaban J connectivity index is 2.35. The lowest BCUT2D eigenvalue weighted by Crippen LogP contribution is -2.42. The van der Waals surface area contributed by atoms with Crippen LogP contribution < -0.4 is 9.64 Å². The molecule has 0 radical (unpaired) electrons. The molecule has 21 heavy (non-hydrogen) atoms. The Hall–Kier alpha value is -1.52. The summed E-state index contributed by atoms with van der Waals surface area (Å²) in [5.41, 5.74) is 1.74. The molecule has 0 N–H and O–H groups in total. The Labute approximate surface area is 130 Å². The predicted molar refractivity (Wildman–Crippen MR) is 84.3 cm³/mol. The van der Waals surface area contributed by atoms with Gasteiger partial charge in [0.1, 0.15) is 11.9 Å². The quantitative estimate of drug-likeness (QED) is 0.784. The third kappa shape index (κ3) is 3.22. The third-order valence-corrected chi connectivity index (χ3v) is 3.92. The number of anilines is 1. The fourth-order valence-corrected chi connectivity index (χ4v) is 2.78. The Bertz CT molecular complexity index is 545. The van der Waals surface area contributed by atoms with E-state index in [1.807, 2.05) is 6.07 Å². The first kappa shape index (κ1) is 15.9. The molecule has 1 atom stereocenters. The molecule has 0 aromatic heterocycles. The van der Waals surface area contributed by atoms with Crippen molar-refractivity contribution in [3.05, 3.63) is 35.4 Å². The Morgan fingerprint density at radius 2 is 2.33 bits per heavy atom. The van der Waals surface area contributed by atoms with Gasteiger partial charge in [-0.25, -0.2) is 0 Å². The summed E-state index contributed by atoms with van der Waals surface area (Å²) < 4.78 is 10.8. The van der Waals surface area contributed by atoms with Gasteiger partial charge in [0.2, 0.25) is 0 Å². The maximum Gasteiger partial charge on any atom is 0.255 e. The van der Waals surface area contributed by atoms with E-state index in [0.717, 1.165) is 24.1 Å². The van der Waals surface area contributed by atoms with Crippen molar-refractivity contribution in [3.8, 4) is 5.75 Å². The highest BCUT2D eigenvalue weighted by atomic mass is 35.5. The average molecular weight is 310 g/mol. The van der Waals surface area contributed by atoms with Gasteiger partial charge in [-0.1, -0.05) is 17.7 Å². The van der Waals surface area contributed by atoms with Crippen LogP contribution in [0.4, 0.5) is 5.69 Å². The number of carbonyl (C=O) groups excluding carboxylic acids is 1. The zero-order valence-electron chi connectivity index (χ0n) is 12.4. The lowest BCUT2D eigenvalue weighted by atomic mass is 10.00. The molecule has 0 aliphatic carbocycles. The molecule has 0 bridgehead atoms. The molecule has 0 saturated heterocycles. The highest BCUT2D eigenvalue weighted by Gasteiger charge is 2.30. The third-order valence-electron chi connectivity index (χ3n) is 3.56. The summed E-state index contributed by atoms with van der Waals surface area (Å²) >= 11 is 6.27. The Morgan fingerprint density at radius 1 is 1.57 bits per heavy atom. The van der Waals surface area contributed by atoms with Crippen molar-refractivity contribution in [2.45, 2.75) is 25.9 Å². The zero-order valence-corrected chi connectivity index (χ0v) is 13.2. The van der Waals surface area contributed by atoms with E-state index in [9.17, 15) is 4.79 Å². The maximum atomic E-state index is 12.6. The van der Waals surface area contributed by atoms with Crippen LogP contribution in [0.2, 0.25) is 5.02 Å². The number of carbonyl (C=O) groups is 1. The van der Waals surface area contributed by atoms with Crippen molar-refractivity contribution in [1.29, 1.82) is 0 Å². The van der Waals surface area contributed by atoms with Gasteiger partial charge >= 0.3 is 0 Å². The van der Waals surface area contributed by atoms with Crippen molar-refractivity contribution in [2.24, 2.45) is 0 Å². The van der Waals surface area contributed by atoms with Crippen LogP contribution in [0.1, 0.15) is 18.9 Å². The number of rotatable bonds is 5. The molecule has 1 amide bonds. The average Bonchev–Trinajstić information content (AvgIpc) is 2.52. The van der Waals surface area contributed by atoms with Gasteiger partial charge < -0.3 is 14.4 Å². The molecule has 114 valence electrons. The molecule has 2 rings (SSSR count). The molecule has 0 spiro atoms. The van der Waals surface area contributed by atoms with Crippen molar-refractivity contribution < 1.29 is 14.3 Å². The summed E-state index contributed by atoms with van der Waals surface area (Å²) in [5, 5.41) is 0.669. The first-order valence-electron chi connectivity index (χ1n) is 6.99. The summed E-state index contributed by atoms with van der Waals surface area (Å²) in [6.45, 7) is 6.33. The standard InChI is InChI=1S/C16H20ClNO3/c1-4-10-21-11(2)16(19)18-9-5-6-12-13(17)7-8-14(20-3)15(12)18/h4,7-8,11H,1,5-6,9-10H2,2-3H3. The number of methoxy groups -OCH3 is 1. The smallest absolute Gasteiger partial charge is 0.255 e. The van der Waals surface area contributed by atoms with E-state index in [1.165, 1.54) is 0 Å². The number of hydrogen-bond acceptors (Lipinski definition) is 3. The van der Waals surface area contributed by atoms with Crippen LogP contribution in [-0.4, -0.2) is 32.3 Å². The van der Waals surface area contributed by atoms with Gasteiger partial charge in [-0.05, 0) is 37.5 Å². The minimum Gasteiger partial charge on any atom is -0.495 e. The second-order valence-corrected chi connectivity index (χ2v) is 5.34. The van der Waals surface area contributed by atoms with Crippen molar-refractivity contribution >= 4 is 23.2 Å². The molecular weight excluding hydrogens is 290 g/mol. The molecule has 0 fully saturated rings. The van der Waals surface area contributed by atoms with Gasteiger partial charge in [-0.2, -0.15) is 0 Å². The number of benzene rings is 1. The summed E-state index contributed by atoms with van der Waals surface area (Å²) in [6, 6.07) is 3.60. The highest BCUT2D eigenvalue weighted by molar-refractivity contribution is 6.32. The van der Waals surface area contributed by atoms with Crippen LogP contribution in [0.5, 0.6) is 5.75 Å². The molecule has 1 aliphatic rings. The van der Waals surface area contributed by atoms with Gasteiger partial charge in [-0.15, -0.1) is 6.58 Å². The number of halogens is 1. The normalized spacial score (nSPS) is 15.3. The largest absolute Gasteiger partial charge is 0.495 e. The van der Waals surface area contributed by atoms with E-state index in [0.29, 0.717) is 23.9 Å². The fraction of sp³-hybridized carbons (Fsp3) is 0.438. The monoisotopic (exact) mass is 309 g/mol. The van der Waals surface area contributed by atoms with Gasteiger partial charge in [0, 0.05) is 11.6 Å². The zero-order chi connectivity index (χ0) is 15.4. The number of ether oxygens (including phenoxy) is 2. The minimum atomic E-state index is -0.530. The van der Waals surface area contributed by atoms with Crippen LogP contribution in [0.3, 0.4) is 0 Å². The van der Waals surface area contributed by atoms with E-state index < -0.39 is 6.10 Å². The maximum absolute atomic E-state index is 12.6. The SMILES string of the molecule is C=CCOC(C)C(=O)N1CCCc2c(Cl)ccc(OC)c21. The molecule has 1 aromatic rings. The summed E-state index contributed by atoms with van der Waals surface area (Å²) in [7, 11) is 1.60. The van der Waals surface area contributed by atoms with E-state index in [4.69, 9.17) is 21.1 Å². The lowest BCUT2D eigenvalue weighted by Gasteiger charge is -2.33. The number of amides is 1. The molecule has 1 heterocycles. The molecule has 1 aromatic carbocycles. The Kier molecular flexibility index (Phi) is 5.26. The molecular formula is C16H20ClNO3. The molecule has 0 saturated carbocycles. The van der Waals surface area contributed by atoms with Crippen LogP contribution in [0, 0.1) is 0 Å². The van der Waals surface area contributed by atoms with Gasteiger partial charge in [-0.3, -0.25) is 4.79 Å². The lowest BCUT2D eigenvalue weighted by molar-refractivity contribution is -0.128. The second kappa shape index (κ2) is 6.96. The Morgan fingerprint density at radius 3 is 3.00 bits per heavy atom. The van der Waals surface area contributed by atoms with Crippen LogP contribution in [0.25, 0.3) is 0 Å². The van der Waals surface area contributed by atoms with Crippen molar-refractivity contribution in [3.63, 3.8) is 0 Å².